The van der Waals surface area contributed by atoms with Crippen LogP contribution in [0, 0.1) is 6.92 Å². The second kappa shape index (κ2) is 5.03. The predicted octanol–water partition coefficient (Wildman–Crippen LogP) is 3.19. The Bertz CT molecular complexity index is 521. The van der Waals surface area contributed by atoms with Gasteiger partial charge in [-0.05, 0) is 52.8 Å². The van der Waals surface area contributed by atoms with Crippen LogP contribution in [-0.2, 0) is 13.0 Å². The van der Waals surface area contributed by atoms with Crippen LogP contribution in [0.3, 0.4) is 0 Å². The van der Waals surface area contributed by atoms with Crippen LogP contribution in [0.15, 0.2) is 6.07 Å². The van der Waals surface area contributed by atoms with Gasteiger partial charge in [0.15, 0.2) is 5.78 Å². The number of carbonyl (C=O) groups is 1. The van der Waals surface area contributed by atoms with Crippen molar-refractivity contribution in [2.45, 2.75) is 64.0 Å². The summed E-state index contributed by atoms with van der Waals surface area (Å²) in [6, 6.07) is 2.12. The summed E-state index contributed by atoms with van der Waals surface area (Å²) in [7, 11) is 4.42. The minimum atomic E-state index is 0.290. The van der Waals surface area contributed by atoms with Gasteiger partial charge in [0.1, 0.15) is 0 Å². The first-order valence-corrected chi connectivity index (χ1v) is 7.93. The fourth-order valence-electron chi connectivity index (χ4n) is 4.08. The molecule has 2 aliphatic rings. The molecule has 1 fully saturated rings. The Labute approximate surface area is 122 Å². The van der Waals surface area contributed by atoms with Crippen LogP contribution in [0.25, 0.3) is 0 Å². The van der Waals surface area contributed by atoms with E-state index < -0.39 is 0 Å². The zero-order chi connectivity index (χ0) is 14.3. The van der Waals surface area contributed by atoms with Crippen molar-refractivity contribution in [1.82, 2.24) is 9.47 Å². The van der Waals surface area contributed by atoms with E-state index >= 15 is 0 Å². The average Bonchev–Trinajstić information content (AvgIpc) is 2.99. The number of ketones is 1. The van der Waals surface area contributed by atoms with Crippen LogP contribution in [0.4, 0.5) is 0 Å². The van der Waals surface area contributed by atoms with Gasteiger partial charge in [0, 0.05) is 35.5 Å². The lowest BCUT2D eigenvalue weighted by Crippen LogP contribution is -2.45. The molecule has 2 aliphatic carbocycles. The molecule has 0 aromatic carbocycles. The van der Waals surface area contributed by atoms with Crippen LogP contribution in [0.5, 0.6) is 0 Å². The summed E-state index contributed by atoms with van der Waals surface area (Å²) in [5, 5.41) is 0. The van der Waals surface area contributed by atoms with Crippen molar-refractivity contribution in [2.24, 2.45) is 0 Å². The van der Waals surface area contributed by atoms with E-state index in [9.17, 15) is 4.79 Å². The number of nitrogens with zero attached hydrogens (tertiary/aromatic N) is 2. The maximum atomic E-state index is 12.1. The summed E-state index contributed by atoms with van der Waals surface area (Å²) in [6.07, 6.45) is 8.04. The third kappa shape index (κ3) is 2.12. The van der Waals surface area contributed by atoms with Crippen molar-refractivity contribution < 1.29 is 4.79 Å². The van der Waals surface area contributed by atoms with Gasteiger partial charge in [-0.2, -0.15) is 0 Å². The highest BCUT2D eigenvalue weighted by molar-refractivity contribution is 5.98. The van der Waals surface area contributed by atoms with E-state index in [1.165, 1.54) is 37.1 Å². The standard InChI is InChI=1S/C17H26N2O/c1-13-11-14-15(7-6-8-16(14)20)19(13)12-17(18(2)3)9-4-5-10-17/h11H,4-10,12H2,1-3H3. The fraction of sp³-hybridized carbons (Fsp3) is 0.706. The second-order valence-electron chi connectivity index (χ2n) is 6.83. The van der Waals surface area contributed by atoms with Crippen molar-refractivity contribution in [3.63, 3.8) is 0 Å². The smallest absolute Gasteiger partial charge is 0.164 e. The Morgan fingerprint density at radius 3 is 2.55 bits per heavy atom. The highest BCUT2D eigenvalue weighted by Gasteiger charge is 2.37. The van der Waals surface area contributed by atoms with Gasteiger partial charge < -0.3 is 9.47 Å². The van der Waals surface area contributed by atoms with Gasteiger partial charge in [-0.3, -0.25) is 4.79 Å². The first-order valence-electron chi connectivity index (χ1n) is 7.93. The van der Waals surface area contributed by atoms with E-state index in [1.807, 2.05) is 0 Å². The molecule has 0 bridgehead atoms. The van der Waals surface area contributed by atoms with Crippen LogP contribution < -0.4 is 0 Å². The highest BCUT2D eigenvalue weighted by atomic mass is 16.1. The van der Waals surface area contributed by atoms with Crippen LogP contribution >= 0.6 is 0 Å². The molecule has 0 amide bonds. The Morgan fingerprint density at radius 1 is 1.20 bits per heavy atom. The summed E-state index contributed by atoms with van der Waals surface area (Å²) in [5.74, 6) is 0.346. The third-order valence-corrected chi connectivity index (χ3v) is 5.47. The summed E-state index contributed by atoms with van der Waals surface area (Å²) < 4.78 is 2.44. The predicted molar refractivity (Wildman–Crippen MR) is 81.3 cm³/mol. The lowest BCUT2D eigenvalue weighted by atomic mass is 9.94. The van der Waals surface area contributed by atoms with E-state index in [0.717, 1.165) is 31.4 Å². The summed E-state index contributed by atoms with van der Waals surface area (Å²) >= 11 is 0. The van der Waals surface area contributed by atoms with Gasteiger partial charge in [-0.25, -0.2) is 0 Å². The molecular formula is C17H26N2O. The van der Waals surface area contributed by atoms with Crippen molar-refractivity contribution in [3.8, 4) is 0 Å². The maximum absolute atomic E-state index is 12.1. The molecule has 0 radical (unpaired) electrons. The average molecular weight is 274 g/mol. The van der Waals surface area contributed by atoms with Gasteiger partial charge in [0.05, 0.1) is 0 Å². The monoisotopic (exact) mass is 274 g/mol. The molecular weight excluding hydrogens is 248 g/mol. The number of aromatic nitrogens is 1. The van der Waals surface area contributed by atoms with E-state index in [4.69, 9.17) is 0 Å². The minimum absolute atomic E-state index is 0.290. The molecule has 0 aliphatic heterocycles. The van der Waals surface area contributed by atoms with Gasteiger partial charge in [0.25, 0.3) is 0 Å². The van der Waals surface area contributed by atoms with Crippen molar-refractivity contribution in [1.29, 1.82) is 0 Å². The quantitative estimate of drug-likeness (QED) is 0.846. The molecule has 3 rings (SSSR count). The molecule has 0 atom stereocenters. The van der Waals surface area contributed by atoms with Crippen LogP contribution in [0.1, 0.15) is 60.3 Å². The van der Waals surface area contributed by atoms with Crippen LogP contribution in [-0.4, -0.2) is 34.9 Å². The Hall–Kier alpha value is -1.09. The van der Waals surface area contributed by atoms with E-state index in [1.54, 1.807) is 0 Å². The first kappa shape index (κ1) is 13.9. The normalized spacial score (nSPS) is 21.5. The first-order chi connectivity index (χ1) is 9.53. The molecule has 0 unspecified atom stereocenters. The van der Waals surface area contributed by atoms with Gasteiger partial charge >= 0.3 is 0 Å². The number of aryl methyl sites for hydroxylation is 1. The molecule has 1 saturated carbocycles. The SMILES string of the molecule is Cc1cc2c(n1CC1(N(C)C)CCCC1)CCCC2=O. The lowest BCUT2D eigenvalue weighted by molar-refractivity contribution is 0.0969. The third-order valence-electron chi connectivity index (χ3n) is 5.47. The molecule has 20 heavy (non-hydrogen) atoms. The van der Waals surface area contributed by atoms with Crippen LogP contribution in [0.2, 0.25) is 0 Å². The number of likely N-dealkylation sites (N-methyl/N-ethyl adjacent to an activating group) is 1. The maximum Gasteiger partial charge on any atom is 0.164 e. The minimum Gasteiger partial charge on any atom is -0.346 e. The van der Waals surface area contributed by atoms with Gasteiger partial charge in [0.2, 0.25) is 0 Å². The topological polar surface area (TPSA) is 25.2 Å². The number of Topliss-reactive ketones (excluding diaryl/α,β-unsaturated/α-hetero) is 1. The van der Waals surface area contributed by atoms with Gasteiger partial charge in [-0.1, -0.05) is 12.8 Å². The molecule has 0 N–H and O–H groups in total. The van der Waals surface area contributed by atoms with E-state index in [2.05, 4.69) is 36.6 Å². The zero-order valence-corrected chi connectivity index (χ0v) is 13.0. The highest BCUT2D eigenvalue weighted by Crippen LogP contribution is 2.37. The number of hydrogen-bond donors (Lipinski definition) is 0. The lowest BCUT2D eigenvalue weighted by Gasteiger charge is -2.38. The number of hydrogen-bond acceptors (Lipinski definition) is 2. The largest absolute Gasteiger partial charge is 0.346 e. The Kier molecular flexibility index (Phi) is 3.49. The van der Waals surface area contributed by atoms with E-state index in [-0.39, 0.29) is 5.54 Å². The van der Waals surface area contributed by atoms with Crippen molar-refractivity contribution >= 4 is 5.78 Å². The number of carbonyl (C=O) groups excluding carboxylic acids is 1. The molecule has 1 aromatic rings. The molecule has 1 aromatic heterocycles. The summed E-state index contributed by atoms with van der Waals surface area (Å²) in [5.41, 5.74) is 3.85. The molecule has 110 valence electrons. The second-order valence-corrected chi connectivity index (χ2v) is 6.83. The van der Waals surface area contributed by atoms with Crippen molar-refractivity contribution in [3.05, 3.63) is 23.0 Å². The molecule has 3 nitrogen and oxygen atoms in total. The fourth-order valence-corrected chi connectivity index (χ4v) is 4.08. The van der Waals surface area contributed by atoms with E-state index in [0.29, 0.717) is 5.78 Å². The molecule has 3 heteroatoms. The Morgan fingerprint density at radius 2 is 1.90 bits per heavy atom. The Balaban J connectivity index is 1.96. The molecule has 0 spiro atoms. The molecule has 1 heterocycles. The number of rotatable bonds is 3. The summed E-state index contributed by atoms with van der Waals surface area (Å²) in [6.45, 7) is 3.21. The van der Waals surface area contributed by atoms with Crippen molar-refractivity contribution in [2.75, 3.05) is 14.1 Å². The zero-order valence-electron chi connectivity index (χ0n) is 13.0. The van der Waals surface area contributed by atoms with Gasteiger partial charge in [-0.15, -0.1) is 0 Å². The molecule has 0 saturated heterocycles. The number of fused-ring (bicyclic) bond motifs is 1. The summed E-state index contributed by atoms with van der Waals surface area (Å²) in [4.78, 5) is 14.5.